The van der Waals surface area contributed by atoms with E-state index in [2.05, 4.69) is 15.3 Å². The third kappa shape index (κ3) is 7.79. The molecule has 0 aliphatic heterocycles. The molecule has 0 saturated carbocycles. The van der Waals surface area contributed by atoms with Gasteiger partial charge in [-0.1, -0.05) is 42.5 Å². The smallest absolute Gasteiger partial charge is 0.316 e. The molecule has 1 atom stereocenters. The number of aromatic nitrogens is 2. The van der Waals surface area contributed by atoms with Crippen molar-refractivity contribution in [1.29, 1.82) is 0 Å². The van der Waals surface area contributed by atoms with Crippen LogP contribution in [0.1, 0.15) is 38.6 Å². The molecule has 3 heterocycles. The number of aryl methyl sites for hydroxylation is 1. The summed E-state index contributed by atoms with van der Waals surface area (Å²) in [5.41, 5.74) is 2.56. The molecule has 0 fully saturated rings. The number of rotatable bonds is 12. The van der Waals surface area contributed by atoms with Crippen molar-refractivity contribution in [3.05, 3.63) is 119 Å². The maximum Gasteiger partial charge on any atom is 0.316 e. The van der Waals surface area contributed by atoms with Gasteiger partial charge in [-0.25, -0.2) is 13.4 Å². The number of hydrogen-bond donors (Lipinski definition) is 1. The van der Waals surface area contributed by atoms with Crippen LogP contribution in [0.15, 0.2) is 100 Å². The fourth-order valence-corrected chi connectivity index (χ4v) is 6.84. The number of nitrogens with one attached hydrogen (secondary N) is 1. The number of pyridine rings is 1. The minimum atomic E-state index is -3.90. The van der Waals surface area contributed by atoms with Gasteiger partial charge >= 0.3 is 5.91 Å². The Kier molecular flexibility index (Phi) is 9.38. The first-order valence-electron chi connectivity index (χ1n) is 13.5. The van der Waals surface area contributed by atoms with Gasteiger partial charge in [0, 0.05) is 24.5 Å². The van der Waals surface area contributed by atoms with Gasteiger partial charge in [0.2, 0.25) is 0 Å². The van der Waals surface area contributed by atoms with E-state index >= 15 is 0 Å². The number of oxazole rings is 1. The molecule has 12 heteroatoms. The molecule has 0 radical (unpaired) electrons. The Morgan fingerprint density at radius 2 is 1.67 bits per heavy atom. The highest BCUT2D eigenvalue weighted by molar-refractivity contribution is 7.90. The van der Waals surface area contributed by atoms with E-state index in [-0.39, 0.29) is 23.8 Å². The number of thiophene rings is 1. The third-order valence-electron chi connectivity index (χ3n) is 6.61. The maximum atomic E-state index is 14.1. The zero-order valence-corrected chi connectivity index (χ0v) is 24.6. The van der Waals surface area contributed by atoms with E-state index in [1.165, 1.54) is 35.9 Å². The Bertz CT molecular complexity index is 1770. The van der Waals surface area contributed by atoms with Gasteiger partial charge in [-0.15, -0.1) is 0 Å². The Labute approximate surface area is 252 Å². The summed E-state index contributed by atoms with van der Waals surface area (Å²) in [4.78, 5) is 50.1. The highest BCUT2D eigenvalue weighted by Crippen LogP contribution is 2.18. The first-order valence-corrected chi connectivity index (χ1v) is 16.2. The molecule has 43 heavy (non-hydrogen) atoms. The van der Waals surface area contributed by atoms with E-state index in [4.69, 9.17) is 4.42 Å². The molecule has 5 aromatic rings. The van der Waals surface area contributed by atoms with Crippen LogP contribution in [0.2, 0.25) is 0 Å². The van der Waals surface area contributed by atoms with Crippen LogP contribution in [0.4, 0.5) is 0 Å². The highest BCUT2D eigenvalue weighted by atomic mass is 32.2. The molecule has 1 N–H and O–H groups in total. The first kappa shape index (κ1) is 29.8. The largest absolute Gasteiger partial charge is 0.432 e. The van der Waals surface area contributed by atoms with E-state index in [1.807, 2.05) is 30.3 Å². The Morgan fingerprint density at radius 3 is 2.40 bits per heavy atom. The van der Waals surface area contributed by atoms with Gasteiger partial charge < -0.3 is 9.73 Å². The number of carbonyl (C=O) groups excluding carboxylic acids is 3. The van der Waals surface area contributed by atoms with E-state index in [0.29, 0.717) is 29.5 Å². The summed E-state index contributed by atoms with van der Waals surface area (Å²) < 4.78 is 32.2. The Hall–Kier alpha value is -4.68. The minimum Gasteiger partial charge on any atom is -0.432 e. The molecule has 3 amide bonds. The molecular formula is C31H28N4O6S2. The average Bonchev–Trinajstić information content (AvgIpc) is 3.69. The average molecular weight is 617 g/mol. The minimum absolute atomic E-state index is 0.0580. The third-order valence-corrected chi connectivity index (χ3v) is 8.96. The number of sulfone groups is 1. The van der Waals surface area contributed by atoms with Crippen LogP contribution in [0.3, 0.4) is 0 Å². The lowest BCUT2D eigenvalue weighted by Gasteiger charge is -2.26. The predicted octanol–water partition coefficient (Wildman–Crippen LogP) is 4.30. The molecule has 0 aliphatic rings. The Morgan fingerprint density at radius 1 is 0.930 bits per heavy atom. The molecule has 0 saturated heterocycles. The van der Waals surface area contributed by atoms with Crippen LogP contribution in [-0.2, 0) is 26.8 Å². The van der Waals surface area contributed by atoms with Gasteiger partial charge in [0.25, 0.3) is 17.7 Å². The lowest BCUT2D eigenvalue weighted by atomic mass is 10.1. The van der Waals surface area contributed by atoms with E-state index < -0.39 is 39.4 Å². The molecule has 5 rings (SSSR count). The summed E-state index contributed by atoms with van der Waals surface area (Å²) in [6.45, 7) is -0.0580. The lowest BCUT2D eigenvalue weighted by molar-refractivity contribution is -0.130. The molecule has 2 aromatic carbocycles. The van der Waals surface area contributed by atoms with Crippen LogP contribution >= 0.6 is 11.3 Å². The number of nitrogens with zero attached hydrogens (tertiary/aromatic N) is 3. The van der Waals surface area contributed by atoms with Gasteiger partial charge in [-0.2, -0.15) is 11.3 Å². The zero-order valence-electron chi connectivity index (χ0n) is 23.0. The predicted molar refractivity (Wildman–Crippen MR) is 162 cm³/mol. The quantitative estimate of drug-likeness (QED) is 0.219. The van der Waals surface area contributed by atoms with Crippen molar-refractivity contribution in [3.8, 4) is 0 Å². The first-order chi connectivity index (χ1) is 20.8. The molecule has 0 aliphatic carbocycles. The van der Waals surface area contributed by atoms with Crippen molar-refractivity contribution in [2.45, 2.75) is 24.6 Å². The molecule has 10 nitrogen and oxygen atoms in total. The number of carbonyl (C=O) groups is 3. The summed E-state index contributed by atoms with van der Waals surface area (Å²) in [5.74, 6) is -3.73. The highest BCUT2D eigenvalue weighted by Gasteiger charge is 2.36. The number of benzene rings is 2. The number of imide groups is 1. The topological polar surface area (TPSA) is 140 Å². The van der Waals surface area contributed by atoms with Crippen molar-refractivity contribution in [1.82, 2.24) is 20.2 Å². The standard InChI is InChI=1S/C31H28N4O6S2/c36-28(24-12-15-32-16-13-24)33-26(21-43(39,40)20-23-14-18-42-19-23)30(37)35(17-6-9-22-7-2-1-3-8-22)31(38)29-34-25-10-4-5-11-27(25)41-29/h1-5,7-8,10-16,18-19,26H,6,9,17,20-21H2,(H,33,36). The number of hydrogen-bond acceptors (Lipinski definition) is 9. The molecular weight excluding hydrogens is 588 g/mol. The summed E-state index contributed by atoms with van der Waals surface area (Å²) in [6.07, 6.45) is 3.75. The molecule has 220 valence electrons. The summed E-state index contributed by atoms with van der Waals surface area (Å²) in [7, 11) is -3.90. The van der Waals surface area contributed by atoms with E-state index in [1.54, 1.807) is 41.1 Å². The van der Waals surface area contributed by atoms with Gasteiger partial charge in [0.15, 0.2) is 15.4 Å². The fraction of sp³-hybridized carbons (Fsp3) is 0.194. The second kappa shape index (κ2) is 13.5. The monoisotopic (exact) mass is 616 g/mol. The van der Waals surface area contributed by atoms with Gasteiger partial charge in [0.05, 0.1) is 11.5 Å². The number of amides is 3. The summed E-state index contributed by atoms with van der Waals surface area (Å²) >= 11 is 1.35. The molecule has 3 aromatic heterocycles. The van der Waals surface area contributed by atoms with Crippen LogP contribution < -0.4 is 5.32 Å². The van der Waals surface area contributed by atoms with Crippen LogP contribution in [-0.4, -0.2) is 59.3 Å². The SMILES string of the molecule is O=C(NC(CS(=O)(=O)Cc1ccsc1)C(=O)N(CCCc1ccccc1)C(=O)c1nc2ccccc2o1)c1ccncc1. The van der Waals surface area contributed by atoms with Crippen molar-refractivity contribution >= 4 is 50.0 Å². The summed E-state index contributed by atoms with van der Waals surface area (Å²) in [6, 6.07) is 19.3. The van der Waals surface area contributed by atoms with Crippen molar-refractivity contribution in [2.24, 2.45) is 0 Å². The summed E-state index contributed by atoms with van der Waals surface area (Å²) in [5, 5.41) is 6.01. The van der Waals surface area contributed by atoms with E-state index in [9.17, 15) is 22.8 Å². The molecule has 0 spiro atoms. The maximum absolute atomic E-state index is 14.1. The lowest BCUT2D eigenvalue weighted by Crippen LogP contribution is -2.53. The molecule has 0 bridgehead atoms. The normalized spacial score (nSPS) is 12.1. The second-order valence-electron chi connectivity index (χ2n) is 9.82. The van der Waals surface area contributed by atoms with Crippen LogP contribution in [0, 0.1) is 0 Å². The molecule has 1 unspecified atom stereocenters. The van der Waals surface area contributed by atoms with Crippen LogP contribution in [0.5, 0.6) is 0 Å². The van der Waals surface area contributed by atoms with E-state index in [0.717, 1.165) is 10.5 Å². The Balaban J connectivity index is 1.45. The van der Waals surface area contributed by atoms with Crippen molar-refractivity contribution in [2.75, 3.05) is 12.3 Å². The van der Waals surface area contributed by atoms with Gasteiger partial charge in [-0.05, 0) is 65.1 Å². The number of para-hydroxylation sites is 2. The number of fused-ring (bicyclic) bond motifs is 1. The van der Waals surface area contributed by atoms with Crippen molar-refractivity contribution in [3.63, 3.8) is 0 Å². The second-order valence-corrected chi connectivity index (χ2v) is 12.7. The van der Waals surface area contributed by atoms with Gasteiger partial charge in [-0.3, -0.25) is 24.3 Å². The van der Waals surface area contributed by atoms with Crippen molar-refractivity contribution < 1.29 is 27.2 Å². The van der Waals surface area contributed by atoms with Crippen LogP contribution in [0.25, 0.3) is 11.1 Å². The zero-order chi connectivity index (χ0) is 30.2. The van der Waals surface area contributed by atoms with Gasteiger partial charge in [0.1, 0.15) is 11.6 Å². The fourth-order valence-electron chi connectivity index (χ4n) is 4.53.